The van der Waals surface area contributed by atoms with Gasteiger partial charge in [-0.25, -0.2) is 0 Å². The molecular weight excluding hydrogens is 290 g/mol. The highest BCUT2D eigenvalue weighted by Crippen LogP contribution is 2.34. The zero-order valence-corrected chi connectivity index (χ0v) is 14.7. The van der Waals surface area contributed by atoms with Gasteiger partial charge in [-0.1, -0.05) is 92.6 Å². The molecule has 1 N–H and O–H groups in total. The number of hydrogen-bond donors (Lipinski definition) is 1. The van der Waals surface area contributed by atoms with Crippen molar-refractivity contribution in [2.75, 3.05) is 6.54 Å². The molecule has 2 aromatic carbocycles. The van der Waals surface area contributed by atoms with Gasteiger partial charge in [0.1, 0.15) is 0 Å². The smallest absolute Gasteiger partial charge is 0.0466 e. The van der Waals surface area contributed by atoms with E-state index >= 15 is 0 Å². The van der Waals surface area contributed by atoms with Gasteiger partial charge in [0.15, 0.2) is 0 Å². The van der Waals surface area contributed by atoms with Gasteiger partial charge in [-0.05, 0) is 42.9 Å². The van der Waals surface area contributed by atoms with Crippen molar-refractivity contribution in [2.24, 2.45) is 5.92 Å². The summed E-state index contributed by atoms with van der Waals surface area (Å²) in [6.45, 7) is 3.42. The molecule has 0 heterocycles. The van der Waals surface area contributed by atoms with Crippen LogP contribution in [0.2, 0.25) is 0 Å². The minimum absolute atomic E-state index is 0.0431. The van der Waals surface area contributed by atoms with Gasteiger partial charge >= 0.3 is 0 Å². The van der Waals surface area contributed by atoms with E-state index in [4.69, 9.17) is 0 Å². The lowest BCUT2D eigenvalue weighted by Gasteiger charge is -2.34. The molecule has 3 rings (SSSR count). The Morgan fingerprint density at radius 3 is 2.29 bits per heavy atom. The van der Waals surface area contributed by atoms with Crippen LogP contribution in [0.3, 0.4) is 0 Å². The molecule has 0 aromatic heterocycles. The van der Waals surface area contributed by atoms with Crippen LogP contribution in [0.25, 0.3) is 6.08 Å². The summed E-state index contributed by atoms with van der Waals surface area (Å²) in [7, 11) is 0. The van der Waals surface area contributed by atoms with E-state index < -0.39 is 0 Å². The van der Waals surface area contributed by atoms with Crippen molar-refractivity contribution in [1.29, 1.82) is 0 Å². The van der Waals surface area contributed by atoms with Crippen LogP contribution in [-0.2, 0) is 5.54 Å². The number of hydrogen-bond acceptors (Lipinski definition) is 1. The third kappa shape index (κ3) is 4.58. The van der Waals surface area contributed by atoms with Crippen LogP contribution >= 0.6 is 0 Å². The third-order valence-electron chi connectivity index (χ3n) is 5.22. The molecule has 24 heavy (non-hydrogen) atoms. The maximum atomic E-state index is 3.91. The van der Waals surface area contributed by atoms with E-state index in [1.807, 2.05) is 0 Å². The molecule has 0 amide bonds. The average molecular weight is 319 g/mol. The zero-order valence-electron chi connectivity index (χ0n) is 14.7. The molecule has 2 aromatic rings. The summed E-state index contributed by atoms with van der Waals surface area (Å²) < 4.78 is 0. The molecule has 0 aliphatic heterocycles. The quantitative estimate of drug-likeness (QED) is 0.617. The minimum Gasteiger partial charge on any atom is -0.307 e. The molecule has 0 saturated heterocycles. The van der Waals surface area contributed by atoms with Crippen LogP contribution in [0, 0.1) is 5.92 Å². The zero-order chi connectivity index (χ0) is 16.7. The lowest BCUT2D eigenvalue weighted by atomic mass is 9.83. The Kier molecular flexibility index (Phi) is 5.87. The van der Waals surface area contributed by atoms with Gasteiger partial charge in [-0.3, -0.25) is 0 Å². The first-order valence-corrected chi connectivity index (χ1v) is 9.34. The Morgan fingerprint density at radius 2 is 1.67 bits per heavy atom. The van der Waals surface area contributed by atoms with E-state index in [2.05, 4.69) is 85.1 Å². The standard InChI is InChI=1S/C23H29N/c1-2-23(22-13-7-4-8-14-22,24-19-17-21-15-16-21)18-9-12-20-10-5-3-6-11-20/h3-14,21,24H,2,15-19H2,1H3/b12-9-. The fraction of sp³-hybridized carbons (Fsp3) is 0.391. The second kappa shape index (κ2) is 8.30. The van der Waals surface area contributed by atoms with Crippen molar-refractivity contribution in [3.05, 3.63) is 77.9 Å². The van der Waals surface area contributed by atoms with Gasteiger partial charge < -0.3 is 5.32 Å². The Balaban J connectivity index is 1.73. The first kappa shape index (κ1) is 17.0. The summed E-state index contributed by atoms with van der Waals surface area (Å²) in [5.41, 5.74) is 2.72. The van der Waals surface area contributed by atoms with Crippen molar-refractivity contribution < 1.29 is 0 Å². The Bertz CT molecular complexity index is 628. The summed E-state index contributed by atoms with van der Waals surface area (Å²) in [4.78, 5) is 0. The monoisotopic (exact) mass is 319 g/mol. The summed E-state index contributed by atoms with van der Waals surface area (Å²) in [6, 6.07) is 21.5. The van der Waals surface area contributed by atoms with E-state index in [-0.39, 0.29) is 5.54 Å². The summed E-state index contributed by atoms with van der Waals surface area (Å²) in [6.07, 6.45) is 10.9. The molecule has 1 atom stereocenters. The molecule has 1 unspecified atom stereocenters. The van der Waals surface area contributed by atoms with Crippen molar-refractivity contribution in [3.8, 4) is 0 Å². The van der Waals surface area contributed by atoms with Crippen LogP contribution in [0.1, 0.15) is 50.2 Å². The van der Waals surface area contributed by atoms with Gasteiger partial charge in [0, 0.05) is 5.54 Å². The maximum Gasteiger partial charge on any atom is 0.0466 e. The van der Waals surface area contributed by atoms with Gasteiger partial charge in [-0.15, -0.1) is 0 Å². The van der Waals surface area contributed by atoms with Crippen LogP contribution in [0.15, 0.2) is 66.7 Å². The van der Waals surface area contributed by atoms with Gasteiger partial charge in [0.25, 0.3) is 0 Å². The van der Waals surface area contributed by atoms with E-state index in [1.54, 1.807) is 0 Å². The molecule has 0 radical (unpaired) electrons. The fourth-order valence-corrected chi connectivity index (χ4v) is 3.41. The lowest BCUT2D eigenvalue weighted by Crippen LogP contribution is -2.42. The highest BCUT2D eigenvalue weighted by atomic mass is 15.0. The lowest BCUT2D eigenvalue weighted by molar-refractivity contribution is 0.318. The van der Waals surface area contributed by atoms with Crippen molar-refractivity contribution in [2.45, 2.75) is 44.6 Å². The first-order valence-electron chi connectivity index (χ1n) is 9.34. The van der Waals surface area contributed by atoms with Crippen LogP contribution < -0.4 is 5.32 Å². The van der Waals surface area contributed by atoms with Crippen molar-refractivity contribution >= 4 is 6.08 Å². The molecule has 126 valence electrons. The van der Waals surface area contributed by atoms with Gasteiger partial charge in [-0.2, -0.15) is 0 Å². The number of rotatable bonds is 9. The fourth-order valence-electron chi connectivity index (χ4n) is 3.41. The van der Waals surface area contributed by atoms with Crippen LogP contribution in [-0.4, -0.2) is 6.54 Å². The summed E-state index contributed by atoms with van der Waals surface area (Å²) >= 11 is 0. The molecule has 0 bridgehead atoms. The normalized spacial score (nSPS) is 17.0. The van der Waals surface area contributed by atoms with E-state index in [0.29, 0.717) is 0 Å². The molecule has 1 saturated carbocycles. The second-order valence-electron chi connectivity index (χ2n) is 6.98. The molecule has 0 spiro atoms. The van der Waals surface area contributed by atoms with E-state index in [0.717, 1.165) is 25.3 Å². The Morgan fingerprint density at radius 1 is 1.00 bits per heavy atom. The molecule has 1 heteroatoms. The predicted molar refractivity (Wildman–Crippen MR) is 104 cm³/mol. The van der Waals surface area contributed by atoms with Gasteiger partial charge in [0.2, 0.25) is 0 Å². The molecule has 1 aliphatic carbocycles. The number of nitrogens with one attached hydrogen (secondary N) is 1. The Hall–Kier alpha value is -1.86. The van der Waals surface area contributed by atoms with Crippen LogP contribution in [0.5, 0.6) is 0 Å². The molecule has 1 fully saturated rings. The SMILES string of the molecule is CCC(C/C=C\c1ccccc1)(NCCC1CC1)c1ccccc1. The highest BCUT2D eigenvalue weighted by molar-refractivity contribution is 5.49. The minimum atomic E-state index is 0.0431. The second-order valence-corrected chi connectivity index (χ2v) is 6.98. The van der Waals surface area contributed by atoms with Gasteiger partial charge in [0.05, 0.1) is 0 Å². The summed E-state index contributed by atoms with van der Waals surface area (Å²) in [5.74, 6) is 0.975. The predicted octanol–water partition coefficient (Wildman–Crippen LogP) is 5.79. The summed E-state index contributed by atoms with van der Waals surface area (Å²) in [5, 5.41) is 3.91. The van der Waals surface area contributed by atoms with Crippen molar-refractivity contribution in [1.82, 2.24) is 5.32 Å². The third-order valence-corrected chi connectivity index (χ3v) is 5.22. The highest BCUT2D eigenvalue weighted by Gasteiger charge is 2.29. The molecule has 1 nitrogen and oxygen atoms in total. The average Bonchev–Trinajstić information content (AvgIpc) is 3.46. The molecular formula is C23H29N. The number of benzene rings is 2. The largest absolute Gasteiger partial charge is 0.307 e. The topological polar surface area (TPSA) is 12.0 Å². The van der Waals surface area contributed by atoms with E-state index in [9.17, 15) is 0 Å². The van der Waals surface area contributed by atoms with Crippen molar-refractivity contribution in [3.63, 3.8) is 0 Å². The maximum absolute atomic E-state index is 3.91. The Labute approximate surface area is 146 Å². The first-order chi connectivity index (χ1) is 11.8. The van der Waals surface area contributed by atoms with Crippen LogP contribution in [0.4, 0.5) is 0 Å². The molecule has 1 aliphatic rings. The van der Waals surface area contributed by atoms with E-state index in [1.165, 1.54) is 30.4 Å².